The van der Waals surface area contributed by atoms with Crippen molar-refractivity contribution in [2.45, 2.75) is 25.4 Å². The van der Waals surface area contributed by atoms with Gasteiger partial charge in [0.25, 0.3) is 5.89 Å². The Morgan fingerprint density at radius 3 is 2.88 bits per heavy atom. The molecule has 2 aromatic rings. The van der Waals surface area contributed by atoms with Crippen molar-refractivity contribution in [3.8, 4) is 0 Å². The van der Waals surface area contributed by atoms with Crippen LogP contribution >= 0.6 is 0 Å². The third-order valence-corrected chi connectivity index (χ3v) is 3.82. The number of carbonyl (C=O) groups excluding carboxylic acids is 1. The third-order valence-electron chi connectivity index (χ3n) is 3.82. The minimum absolute atomic E-state index is 0.0881. The van der Waals surface area contributed by atoms with E-state index in [4.69, 9.17) is 9.26 Å². The number of amides is 1. The maximum atomic E-state index is 11.9. The number of nitrogens with one attached hydrogen (secondary N) is 1. The predicted octanol–water partition coefficient (Wildman–Crippen LogP) is 1.15. The van der Waals surface area contributed by atoms with E-state index in [2.05, 4.69) is 25.4 Å². The average molecular weight is 358 g/mol. The molecule has 9 heteroatoms. The number of carbonyl (C=O) groups is 1. The van der Waals surface area contributed by atoms with E-state index in [9.17, 15) is 4.79 Å². The molecule has 1 amide bonds. The molecule has 138 valence electrons. The molecule has 26 heavy (non-hydrogen) atoms. The third kappa shape index (κ3) is 4.85. The van der Waals surface area contributed by atoms with E-state index in [0.29, 0.717) is 30.6 Å². The number of aromatic nitrogens is 4. The van der Waals surface area contributed by atoms with Gasteiger partial charge in [-0.25, -0.2) is 9.97 Å². The van der Waals surface area contributed by atoms with Crippen LogP contribution in [0.15, 0.2) is 23.0 Å². The van der Waals surface area contributed by atoms with Crippen LogP contribution in [0.4, 0.5) is 5.95 Å². The highest BCUT2D eigenvalue weighted by atomic mass is 16.5. The van der Waals surface area contributed by atoms with Crippen molar-refractivity contribution in [2.75, 3.05) is 32.1 Å². The van der Waals surface area contributed by atoms with Crippen molar-refractivity contribution in [2.24, 2.45) is 0 Å². The second-order valence-corrected chi connectivity index (χ2v) is 6.14. The Bertz CT molecular complexity index is 750. The Morgan fingerprint density at radius 2 is 2.19 bits per heavy atom. The molecule has 1 N–H and O–H groups in total. The van der Waals surface area contributed by atoms with E-state index in [1.807, 2.05) is 19.0 Å². The molecule has 1 fully saturated rings. The fourth-order valence-electron chi connectivity index (χ4n) is 2.45. The Kier molecular flexibility index (Phi) is 5.90. The molecule has 3 rings (SSSR count). The van der Waals surface area contributed by atoms with E-state index < -0.39 is 0 Å². The van der Waals surface area contributed by atoms with Crippen LogP contribution in [0.2, 0.25) is 0 Å². The van der Waals surface area contributed by atoms with Gasteiger partial charge in [-0.1, -0.05) is 5.16 Å². The van der Waals surface area contributed by atoms with Crippen LogP contribution in [0.25, 0.3) is 6.08 Å². The molecular formula is C17H22N6O3. The second-order valence-electron chi connectivity index (χ2n) is 6.14. The van der Waals surface area contributed by atoms with E-state index in [1.165, 1.54) is 6.08 Å². The number of rotatable bonds is 7. The van der Waals surface area contributed by atoms with Crippen LogP contribution in [0.1, 0.15) is 36.2 Å². The largest absolute Gasteiger partial charge is 0.368 e. The van der Waals surface area contributed by atoms with Gasteiger partial charge in [0.2, 0.25) is 11.9 Å². The summed E-state index contributed by atoms with van der Waals surface area (Å²) in [5, 5.41) is 6.70. The summed E-state index contributed by atoms with van der Waals surface area (Å²) in [4.78, 5) is 26.4. The summed E-state index contributed by atoms with van der Waals surface area (Å²) >= 11 is 0. The first-order valence-corrected chi connectivity index (χ1v) is 8.51. The summed E-state index contributed by atoms with van der Waals surface area (Å²) < 4.78 is 10.7. The SMILES string of the molecule is CN(C)c1ncc(C=CC(=O)NCCc2noc(C3CCCO3)n2)cn1. The molecule has 1 unspecified atom stereocenters. The number of nitrogens with zero attached hydrogens (tertiary/aromatic N) is 5. The van der Waals surface area contributed by atoms with Crippen LogP contribution in [-0.4, -0.2) is 53.3 Å². The van der Waals surface area contributed by atoms with E-state index in [0.717, 1.165) is 25.0 Å². The highest BCUT2D eigenvalue weighted by Crippen LogP contribution is 2.26. The summed E-state index contributed by atoms with van der Waals surface area (Å²) in [6, 6.07) is 0. The van der Waals surface area contributed by atoms with E-state index in [-0.39, 0.29) is 12.0 Å². The van der Waals surface area contributed by atoms with E-state index in [1.54, 1.807) is 18.5 Å². The molecule has 0 saturated carbocycles. The van der Waals surface area contributed by atoms with Gasteiger partial charge >= 0.3 is 0 Å². The Labute approximate surface area is 151 Å². The zero-order valence-corrected chi connectivity index (χ0v) is 14.9. The standard InChI is InChI=1S/C17H22N6O3/c1-23(2)17-19-10-12(11-20-17)5-6-15(24)18-8-7-14-21-16(26-22-14)13-4-3-9-25-13/h5-6,10-11,13H,3-4,7-9H2,1-2H3,(H,18,24). The lowest BCUT2D eigenvalue weighted by Crippen LogP contribution is -2.23. The molecule has 1 atom stereocenters. The van der Waals surface area contributed by atoms with Crippen molar-refractivity contribution < 1.29 is 14.1 Å². The monoisotopic (exact) mass is 358 g/mol. The van der Waals surface area contributed by atoms with E-state index >= 15 is 0 Å². The fourth-order valence-corrected chi connectivity index (χ4v) is 2.45. The number of ether oxygens (including phenoxy) is 1. The molecule has 2 aromatic heterocycles. The Hall–Kier alpha value is -2.81. The summed E-state index contributed by atoms with van der Waals surface area (Å²) in [6.45, 7) is 1.15. The minimum Gasteiger partial charge on any atom is -0.368 e. The first-order valence-electron chi connectivity index (χ1n) is 8.51. The summed E-state index contributed by atoms with van der Waals surface area (Å²) in [5.74, 6) is 1.50. The highest BCUT2D eigenvalue weighted by Gasteiger charge is 2.23. The van der Waals surface area contributed by atoms with Crippen LogP contribution in [0, 0.1) is 0 Å². The van der Waals surface area contributed by atoms with Gasteiger partial charge in [-0.3, -0.25) is 4.79 Å². The van der Waals surface area contributed by atoms with Gasteiger partial charge in [-0.05, 0) is 18.9 Å². The van der Waals surface area contributed by atoms with Crippen LogP contribution < -0.4 is 10.2 Å². The summed E-state index contributed by atoms with van der Waals surface area (Å²) in [7, 11) is 3.73. The molecule has 1 saturated heterocycles. The van der Waals surface area contributed by atoms with Gasteiger partial charge in [0.05, 0.1) is 0 Å². The molecule has 1 aliphatic rings. The lowest BCUT2D eigenvalue weighted by molar-refractivity contribution is -0.116. The van der Waals surface area contributed by atoms with Gasteiger partial charge in [-0.2, -0.15) is 4.98 Å². The fraction of sp³-hybridized carbons (Fsp3) is 0.471. The molecular weight excluding hydrogens is 336 g/mol. The normalized spacial score (nSPS) is 16.9. The van der Waals surface area contributed by atoms with Crippen LogP contribution in [0.5, 0.6) is 0 Å². The quantitative estimate of drug-likeness (QED) is 0.735. The van der Waals surface area contributed by atoms with Crippen LogP contribution in [0.3, 0.4) is 0 Å². The zero-order valence-electron chi connectivity index (χ0n) is 14.9. The number of anilines is 1. The minimum atomic E-state index is -0.204. The van der Waals surface area contributed by atoms with Crippen molar-refractivity contribution >= 4 is 17.9 Å². The molecule has 0 spiro atoms. The van der Waals surface area contributed by atoms with Crippen molar-refractivity contribution in [1.29, 1.82) is 0 Å². The zero-order chi connectivity index (χ0) is 18.4. The first-order chi connectivity index (χ1) is 12.6. The number of hydrogen-bond acceptors (Lipinski definition) is 8. The Morgan fingerprint density at radius 1 is 1.38 bits per heavy atom. The maximum absolute atomic E-state index is 11.9. The summed E-state index contributed by atoms with van der Waals surface area (Å²) in [5.41, 5.74) is 0.755. The van der Waals surface area contributed by atoms with Gasteiger partial charge in [-0.15, -0.1) is 0 Å². The number of hydrogen-bond donors (Lipinski definition) is 1. The predicted molar refractivity (Wildman–Crippen MR) is 94.3 cm³/mol. The summed E-state index contributed by atoms with van der Waals surface area (Å²) in [6.07, 6.45) is 8.76. The second kappa shape index (κ2) is 8.52. The van der Waals surface area contributed by atoms with Gasteiger partial charge in [0, 0.05) is 57.7 Å². The van der Waals surface area contributed by atoms with Crippen molar-refractivity contribution in [3.05, 3.63) is 35.7 Å². The smallest absolute Gasteiger partial charge is 0.255 e. The molecule has 0 radical (unpaired) electrons. The van der Waals surface area contributed by atoms with Gasteiger partial charge < -0.3 is 19.5 Å². The molecule has 9 nitrogen and oxygen atoms in total. The van der Waals surface area contributed by atoms with Crippen molar-refractivity contribution in [3.63, 3.8) is 0 Å². The van der Waals surface area contributed by atoms with Crippen molar-refractivity contribution in [1.82, 2.24) is 25.4 Å². The molecule has 1 aliphatic heterocycles. The van der Waals surface area contributed by atoms with Gasteiger partial charge in [0.1, 0.15) is 6.10 Å². The van der Waals surface area contributed by atoms with Crippen LogP contribution in [-0.2, 0) is 16.0 Å². The maximum Gasteiger partial charge on any atom is 0.255 e. The molecule has 0 aliphatic carbocycles. The Balaban J connectivity index is 1.42. The highest BCUT2D eigenvalue weighted by molar-refractivity contribution is 5.91. The lowest BCUT2D eigenvalue weighted by atomic mass is 10.2. The molecule has 0 bridgehead atoms. The molecule has 0 aromatic carbocycles. The van der Waals surface area contributed by atoms with Gasteiger partial charge in [0.15, 0.2) is 5.82 Å². The lowest BCUT2D eigenvalue weighted by Gasteiger charge is -2.08. The average Bonchev–Trinajstić information content (AvgIpc) is 3.32. The first kappa shape index (κ1) is 18.0. The topological polar surface area (TPSA) is 106 Å². The molecule has 3 heterocycles.